The molecule has 0 saturated carbocycles. The van der Waals surface area contributed by atoms with Crippen molar-refractivity contribution in [2.24, 2.45) is 5.73 Å². The molecule has 1 amide bonds. The summed E-state index contributed by atoms with van der Waals surface area (Å²) in [5, 5.41) is 11.2. The predicted molar refractivity (Wildman–Crippen MR) is 27.0 cm³/mol. The van der Waals surface area contributed by atoms with Gasteiger partial charge in [0, 0.05) is 6.54 Å². The monoisotopic (exact) mass is 116 g/mol. The second kappa shape index (κ2) is 1.72. The van der Waals surface area contributed by atoms with E-state index >= 15 is 0 Å². The Morgan fingerprint density at radius 1 is 1.88 bits per heavy atom. The van der Waals surface area contributed by atoms with Crippen LogP contribution in [-0.4, -0.2) is 29.7 Å². The minimum absolute atomic E-state index is 0.266. The zero-order valence-corrected chi connectivity index (χ0v) is 4.29. The van der Waals surface area contributed by atoms with Gasteiger partial charge in [-0.2, -0.15) is 0 Å². The lowest BCUT2D eigenvalue weighted by molar-refractivity contribution is -0.120. The molecule has 46 valence electrons. The lowest BCUT2D eigenvalue weighted by atomic mass is 10.2. The third-order valence-electron chi connectivity index (χ3n) is 1.20. The Kier molecular flexibility index (Phi) is 1.19. The van der Waals surface area contributed by atoms with Crippen molar-refractivity contribution in [3.63, 3.8) is 0 Å². The summed E-state index contributed by atoms with van der Waals surface area (Å²) >= 11 is 0. The van der Waals surface area contributed by atoms with Gasteiger partial charge in [0.05, 0.1) is 6.10 Å². The number of hydrogen-bond donors (Lipinski definition) is 3. The summed E-state index contributed by atoms with van der Waals surface area (Å²) in [5.41, 5.74) is 5.16. The van der Waals surface area contributed by atoms with E-state index < -0.39 is 12.1 Å². The lowest BCUT2D eigenvalue weighted by Crippen LogP contribution is -2.36. The van der Waals surface area contributed by atoms with Crippen molar-refractivity contribution in [1.82, 2.24) is 5.32 Å². The van der Waals surface area contributed by atoms with Crippen LogP contribution in [0.15, 0.2) is 0 Å². The Bertz CT molecular complexity index is 115. The average Bonchev–Trinajstić information content (AvgIpc) is 1.98. The fourth-order valence-electron chi connectivity index (χ4n) is 0.625. The van der Waals surface area contributed by atoms with Crippen LogP contribution in [0.5, 0.6) is 0 Å². The summed E-state index contributed by atoms with van der Waals surface area (Å²) in [6.07, 6.45) is -0.692. The average molecular weight is 116 g/mol. The van der Waals surface area contributed by atoms with Crippen LogP contribution in [0.25, 0.3) is 0 Å². The summed E-state index contributed by atoms with van der Waals surface area (Å²) in [4.78, 5) is 10.4. The zero-order valence-electron chi connectivity index (χ0n) is 4.29. The minimum Gasteiger partial charge on any atom is -0.389 e. The van der Waals surface area contributed by atoms with Crippen LogP contribution in [0, 0.1) is 0 Å². The Labute approximate surface area is 46.7 Å². The molecule has 1 heterocycles. The topological polar surface area (TPSA) is 75.4 Å². The highest BCUT2D eigenvalue weighted by molar-refractivity contribution is 5.84. The maximum Gasteiger partial charge on any atom is 0.239 e. The van der Waals surface area contributed by atoms with Gasteiger partial charge in [-0.15, -0.1) is 0 Å². The van der Waals surface area contributed by atoms with Crippen molar-refractivity contribution in [3.8, 4) is 0 Å². The number of amides is 1. The highest BCUT2D eigenvalue weighted by Crippen LogP contribution is 1.95. The smallest absolute Gasteiger partial charge is 0.239 e. The molecule has 4 heteroatoms. The van der Waals surface area contributed by atoms with E-state index in [9.17, 15) is 4.79 Å². The van der Waals surface area contributed by atoms with Gasteiger partial charge in [0.25, 0.3) is 0 Å². The van der Waals surface area contributed by atoms with Gasteiger partial charge < -0.3 is 16.2 Å². The van der Waals surface area contributed by atoms with E-state index in [0.29, 0.717) is 6.54 Å². The lowest BCUT2D eigenvalue weighted by Gasteiger charge is -2.00. The molecule has 0 unspecified atom stereocenters. The quantitative estimate of drug-likeness (QED) is 0.336. The number of nitrogens with two attached hydrogens (primary N) is 1. The third kappa shape index (κ3) is 0.677. The largest absolute Gasteiger partial charge is 0.389 e. The number of aliphatic hydroxyl groups is 1. The van der Waals surface area contributed by atoms with Crippen LogP contribution in [0.1, 0.15) is 0 Å². The number of rotatable bonds is 0. The molecule has 0 aromatic heterocycles. The molecule has 1 aliphatic rings. The van der Waals surface area contributed by atoms with Crippen LogP contribution in [0.4, 0.5) is 0 Å². The molecule has 4 nitrogen and oxygen atoms in total. The molecule has 1 rings (SSSR count). The van der Waals surface area contributed by atoms with Crippen molar-refractivity contribution < 1.29 is 9.90 Å². The molecular weight excluding hydrogens is 108 g/mol. The number of carbonyl (C=O) groups excluding carboxylic acids is 1. The first-order chi connectivity index (χ1) is 3.72. The summed E-state index contributed by atoms with van der Waals surface area (Å²) < 4.78 is 0. The maximum atomic E-state index is 10.4. The molecule has 0 aromatic carbocycles. The van der Waals surface area contributed by atoms with Gasteiger partial charge >= 0.3 is 0 Å². The number of β-amino-alcohol motifs (C(OH)–C–C–N with tert-alkyl or cyclic N) is 1. The first-order valence-electron chi connectivity index (χ1n) is 2.43. The molecule has 0 bridgehead atoms. The Balaban J connectivity index is 2.56. The van der Waals surface area contributed by atoms with Gasteiger partial charge in [0.15, 0.2) is 0 Å². The molecule has 8 heavy (non-hydrogen) atoms. The molecule has 0 aliphatic carbocycles. The maximum absolute atomic E-state index is 10.4. The highest BCUT2D eigenvalue weighted by atomic mass is 16.3. The Morgan fingerprint density at radius 3 is 2.62 bits per heavy atom. The number of aliphatic hydroxyl groups excluding tert-OH is 1. The van der Waals surface area contributed by atoms with E-state index in [-0.39, 0.29) is 5.91 Å². The van der Waals surface area contributed by atoms with Crippen LogP contribution in [0.3, 0.4) is 0 Å². The fourth-order valence-corrected chi connectivity index (χ4v) is 0.625. The SMILES string of the molecule is N[C@@H]1C(=O)NC[C@@H]1O. The summed E-state index contributed by atoms with van der Waals surface area (Å²) in [6, 6.07) is -0.713. The fraction of sp³-hybridized carbons (Fsp3) is 0.750. The molecule has 0 radical (unpaired) electrons. The van der Waals surface area contributed by atoms with Gasteiger partial charge in [0.1, 0.15) is 6.04 Å². The molecule has 4 N–H and O–H groups in total. The van der Waals surface area contributed by atoms with E-state index in [1.807, 2.05) is 0 Å². The van der Waals surface area contributed by atoms with Crippen LogP contribution >= 0.6 is 0 Å². The number of hydrogen-bond acceptors (Lipinski definition) is 3. The van der Waals surface area contributed by atoms with Crippen molar-refractivity contribution in [2.75, 3.05) is 6.54 Å². The zero-order chi connectivity index (χ0) is 6.15. The van der Waals surface area contributed by atoms with Gasteiger partial charge in [0.2, 0.25) is 5.91 Å². The van der Waals surface area contributed by atoms with E-state index in [4.69, 9.17) is 10.8 Å². The second-order valence-electron chi connectivity index (χ2n) is 1.84. The molecule has 0 aromatic rings. The molecule has 2 atom stereocenters. The Hall–Kier alpha value is -0.610. The number of nitrogens with one attached hydrogen (secondary N) is 1. The molecule has 1 aliphatic heterocycles. The van der Waals surface area contributed by atoms with Gasteiger partial charge in [-0.05, 0) is 0 Å². The molecule has 1 saturated heterocycles. The van der Waals surface area contributed by atoms with Gasteiger partial charge in [-0.25, -0.2) is 0 Å². The molecule has 0 spiro atoms. The van der Waals surface area contributed by atoms with Crippen molar-refractivity contribution in [3.05, 3.63) is 0 Å². The highest BCUT2D eigenvalue weighted by Gasteiger charge is 2.28. The molecule has 1 fully saturated rings. The van der Waals surface area contributed by atoms with Gasteiger partial charge in [-0.1, -0.05) is 0 Å². The first-order valence-corrected chi connectivity index (χ1v) is 2.43. The second-order valence-corrected chi connectivity index (χ2v) is 1.84. The van der Waals surface area contributed by atoms with Crippen molar-refractivity contribution in [1.29, 1.82) is 0 Å². The summed E-state index contributed by atoms with van der Waals surface area (Å²) in [5.74, 6) is -0.266. The summed E-state index contributed by atoms with van der Waals surface area (Å²) in [7, 11) is 0. The normalized spacial score (nSPS) is 37.5. The number of carbonyl (C=O) groups is 1. The standard InChI is InChI=1S/C4H8N2O2/c5-3-2(7)1-6-4(3)8/h2-3,7H,1,5H2,(H,6,8)/t2-,3-/m0/s1. The van der Waals surface area contributed by atoms with Crippen molar-refractivity contribution in [2.45, 2.75) is 12.1 Å². The van der Waals surface area contributed by atoms with E-state index in [1.54, 1.807) is 0 Å². The van der Waals surface area contributed by atoms with Crippen LogP contribution < -0.4 is 11.1 Å². The minimum atomic E-state index is -0.713. The van der Waals surface area contributed by atoms with E-state index in [0.717, 1.165) is 0 Å². The predicted octanol–water partition coefficient (Wildman–Crippen LogP) is -2.20. The third-order valence-corrected chi connectivity index (χ3v) is 1.20. The first kappa shape index (κ1) is 5.53. The Morgan fingerprint density at radius 2 is 2.50 bits per heavy atom. The van der Waals surface area contributed by atoms with E-state index in [2.05, 4.69) is 5.32 Å². The molecular formula is C4H8N2O2. The summed E-state index contributed by atoms with van der Waals surface area (Å²) in [6.45, 7) is 0.292. The van der Waals surface area contributed by atoms with Crippen LogP contribution in [-0.2, 0) is 4.79 Å². The van der Waals surface area contributed by atoms with Gasteiger partial charge in [-0.3, -0.25) is 4.79 Å². The van der Waals surface area contributed by atoms with Crippen molar-refractivity contribution >= 4 is 5.91 Å². The van der Waals surface area contributed by atoms with Crippen LogP contribution in [0.2, 0.25) is 0 Å². The van der Waals surface area contributed by atoms with E-state index in [1.165, 1.54) is 0 Å².